The number of nitrogens with zero attached hydrogens (tertiary/aromatic N) is 2. The average Bonchev–Trinajstić information content (AvgIpc) is 3.54. The SMILES string of the molecule is O=C(O)Nc1ccc(C(=O)N[C@@H](Cc2cscn2)C(=O)N2CCC3(C2)OC(=O)Nc2ccc(Cl)cc23)cc1. The number of hydrogen-bond donors (Lipinski definition) is 4. The minimum absolute atomic E-state index is 0.103. The zero-order valence-electron chi connectivity index (χ0n) is 19.8. The van der Waals surface area contributed by atoms with E-state index >= 15 is 0 Å². The third-order valence-corrected chi connectivity index (χ3v) is 7.31. The second-order valence-corrected chi connectivity index (χ2v) is 10.1. The second-order valence-electron chi connectivity index (χ2n) is 8.93. The summed E-state index contributed by atoms with van der Waals surface area (Å²) in [5.41, 5.74) is 3.07. The van der Waals surface area contributed by atoms with Gasteiger partial charge < -0.3 is 20.1 Å². The van der Waals surface area contributed by atoms with Crippen LogP contribution in [0, 0.1) is 0 Å². The molecular weight excluding hydrogens is 534 g/mol. The van der Waals surface area contributed by atoms with Gasteiger partial charge in [0.1, 0.15) is 6.04 Å². The van der Waals surface area contributed by atoms with Gasteiger partial charge in [-0.2, -0.15) is 0 Å². The molecule has 0 bridgehead atoms. The van der Waals surface area contributed by atoms with Crippen LogP contribution in [0.2, 0.25) is 5.02 Å². The minimum atomic E-state index is -1.22. The van der Waals surface area contributed by atoms with Gasteiger partial charge in [0.15, 0.2) is 5.60 Å². The largest absolute Gasteiger partial charge is 0.465 e. The van der Waals surface area contributed by atoms with Crippen molar-refractivity contribution in [1.29, 1.82) is 0 Å². The number of anilines is 2. The topological polar surface area (TPSA) is 150 Å². The van der Waals surface area contributed by atoms with Crippen molar-refractivity contribution in [2.75, 3.05) is 23.7 Å². The van der Waals surface area contributed by atoms with Crippen LogP contribution in [-0.2, 0) is 21.6 Å². The van der Waals surface area contributed by atoms with Crippen molar-refractivity contribution in [3.8, 4) is 0 Å². The number of amides is 4. The summed E-state index contributed by atoms with van der Waals surface area (Å²) in [6.07, 6.45) is -1.29. The highest BCUT2D eigenvalue weighted by atomic mass is 35.5. The molecule has 13 heteroatoms. The van der Waals surface area contributed by atoms with Crippen LogP contribution >= 0.6 is 22.9 Å². The molecule has 1 fully saturated rings. The number of ether oxygens (including phenoxy) is 1. The Morgan fingerprint density at radius 1 is 1.24 bits per heavy atom. The van der Waals surface area contributed by atoms with Crippen LogP contribution in [0.25, 0.3) is 0 Å². The number of likely N-dealkylation sites (tertiary alicyclic amines) is 1. The van der Waals surface area contributed by atoms with Crippen molar-refractivity contribution < 1.29 is 29.0 Å². The summed E-state index contributed by atoms with van der Waals surface area (Å²) < 4.78 is 5.72. The zero-order chi connectivity index (χ0) is 26.9. The molecule has 5 rings (SSSR count). The first-order chi connectivity index (χ1) is 18.2. The van der Waals surface area contributed by atoms with E-state index in [2.05, 4.69) is 20.9 Å². The molecule has 2 aliphatic rings. The van der Waals surface area contributed by atoms with E-state index in [-0.39, 0.29) is 24.4 Å². The van der Waals surface area contributed by atoms with Crippen molar-refractivity contribution in [2.45, 2.75) is 24.5 Å². The number of benzene rings is 2. The van der Waals surface area contributed by atoms with Gasteiger partial charge in [-0.1, -0.05) is 11.6 Å². The van der Waals surface area contributed by atoms with E-state index < -0.39 is 29.7 Å². The molecule has 4 N–H and O–H groups in total. The summed E-state index contributed by atoms with van der Waals surface area (Å²) in [5.74, 6) is -0.842. The Morgan fingerprint density at radius 2 is 2.03 bits per heavy atom. The number of carbonyl (C=O) groups excluding carboxylic acids is 3. The Bertz CT molecular complexity index is 1400. The maximum atomic E-state index is 13.7. The van der Waals surface area contributed by atoms with Crippen LogP contribution in [0.1, 0.15) is 28.0 Å². The number of thiazole rings is 1. The molecule has 38 heavy (non-hydrogen) atoms. The van der Waals surface area contributed by atoms with Crippen molar-refractivity contribution in [1.82, 2.24) is 15.2 Å². The fourth-order valence-electron chi connectivity index (χ4n) is 4.68. The monoisotopic (exact) mass is 555 g/mol. The van der Waals surface area contributed by atoms with Crippen LogP contribution in [0.15, 0.2) is 53.4 Å². The molecule has 0 aliphatic carbocycles. The lowest BCUT2D eigenvalue weighted by Crippen LogP contribution is -2.50. The Morgan fingerprint density at radius 3 is 2.74 bits per heavy atom. The van der Waals surface area contributed by atoms with E-state index in [4.69, 9.17) is 21.4 Å². The molecule has 1 saturated heterocycles. The molecule has 196 valence electrons. The number of rotatable bonds is 6. The Balaban J connectivity index is 1.36. The smallest absolute Gasteiger partial charge is 0.412 e. The summed E-state index contributed by atoms with van der Waals surface area (Å²) in [6.45, 7) is 0.405. The molecule has 1 unspecified atom stereocenters. The predicted octanol–water partition coefficient (Wildman–Crippen LogP) is 3.92. The molecule has 11 nitrogen and oxygen atoms in total. The van der Waals surface area contributed by atoms with Gasteiger partial charge in [-0.05, 0) is 42.5 Å². The third-order valence-electron chi connectivity index (χ3n) is 6.44. The first kappa shape index (κ1) is 25.5. The molecule has 0 radical (unpaired) electrons. The Labute approximate surface area is 225 Å². The van der Waals surface area contributed by atoms with Crippen LogP contribution < -0.4 is 16.0 Å². The van der Waals surface area contributed by atoms with E-state index in [1.807, 2.05) is 0 Å². The number of hydrogen-bond acceptors (Lipinski definition) is 7. The van der Waals surface area contributed by atoms with Crippen LogP contribution in [0.5, 0.6) is 0 Å². The first-order valence-electron chi connectivity index (χ1n) is 11.6. The normalized spacial score (nSPS) is 18.8. The average molecular weight is 556 g/mol. The van der Waals surface area contributed by atoms with E-state index in [1.165, 1.54) is 35.6 Å². The lowest BCUT2D eigenvalue weighted by molar-refractivity contribution is -0.133. The van der Waals surface area contributed by atoms with Crippen molar-refractivity contribution in [2.24, 2.45) is 0 Å². The van der Waals surface area contributed by atoms with E-state index in [0.29, 0.717) is 40.6 Å². The highest BCUT2D eigenvalue weighted by Gasteiger charge is 2.49. The van der Waals surface area contributed by atoms with E-state index in [1.54, 1.807) is 34.0 Å². The van der Waals surface area contributed by atoms with Gasteiger partial charge in [0, 0.05) is 46.6 Å². The van der Waals surface area contributed by atoms with Crippen LogP contribution in [0.4, 0.5) is 21.0 Å². The fraction of sp³-hybridized carbons (Fsp3) is 0.240. The van der Waals surface area contributed by atoms with E-state index in [0.717, 1.165) is 0 Å². The van der Waals surface area contributed by atoms with Gasteiger partial charge >= 0.3 is 12.2 Å². The van der Waals surface area contributed by atoms with Crippen molar-refractivity contribution >= 4 is 58.3 Å². The van der Waals surface area contributed by atoms with Gasteiger partial charge in [0.25, 0.3) is 5.91 Å². The van der Waals surface area contributed by atoms with Crippen LogP contribution in [0.3, 0.4) is 0 Å². The predicted molar refractivity (Wildman–Crippen MR) is 140 cm³/mol. The molecule has 2 aromatic carbocycles. The number of halogens is 1. The molecule has 0 saturated carbocycles. The number of fused-ring (bicyclic) bond motifs is 2. The summed E-state index contributed by atoms with van der Waals surface area (Å²) in [4.78, 5) is 55.7. The molecule has 1 spiro atoms. The number of carbonyl (C=O) groups is 4. The maximum Gasteiger partial charge on any atom is 0.412 e. The first-order valence-corrected chi connectivity index (χ1v) is 12.9. The highest BCUT2D eigenvalue weighted by molar-refractivity contribution is 7.07. The maximum absolute atomic E-state index is 13.7. The van der Waals surface area contributed by atoms with Crippen molar-refractivity contribution in [3.05, 3.63) is 75.2 Å². The Hall–Kier alpha value is -4.16. The van der Waals surface area contributed by atoms with Gasteiger partial charge in [0.2, 0.25) is 5.91 Å². The molecule has 3 aromatic rings. The van der Waals surface area contributed by atoms with Gasteiger partial charge in [-0.3, -0.25) is 20.2 Å². The zero-order valence-corrected chi connectivity index (χ0v) is 21.3. The summed E-state index contributed by atoms with van der Waals surface area (Å²) in [5, 5.41) is 18.8. The molecule has 1 aromatic heterocycles. The fourth-order valence-corrected chi connectivity index (χ4v) is 5.42. The van der Waals surface area contributed by atoms with Crippen LogP contribution in [-0.4, -0.2) is 58.1 Å². The molecular formula is C25H22ClN5O6S. The lowest BCUT2D eigenvalue weighted by Gasteiger charge is -2.35. The second kappa shape index (κ2) is 10.3. The van der Waals surface area contributed by atoms with Gasteiger partial charge in [-0.15, -0.1) is 11.3 Å². The van der Waals surface area contributed by atoms with Gasteiger partial charge in [0.05, 0.1) is 23.4 Å². The number of nitrogens with one attached hydrogen (secondary N) is 3. The van der Waals surface area contributed by atoms with Gasteiger partial charge in [-0.25, -0.2) is 14.6 Å². The molecule has 2 atom stereocenters. The molecule has 2 aliphatic heterocycles. The lowest BCUT2D eigenvalue weighted by atomic mass is 9.90. The van der Waals surface area contributed by atoms with E-state index in [9.17, 15) is 19.2 Å². The quantitative estimate of drug-likeness (QED) is 0.360. The summed E-state index contributed by atoms with van der Waals surface area (Å²) in [7, 11) is 0. The standard InChI is InChI=1S/C25H22ClN5O6S/c26-15-3-6-19-18(9-15)25(37-24(36)30-19)7-8-31(12-25)22(33)20(10-17-11-38-13-27-17)29-21(32)14-1-4-16(5-2-14)28-23(34)35/h1-6,9,11,13,20,28H,7-8,10,12H2,(H,29,32)(H,30,36)(H,34,35)/t20-,25?/m0/s1. The van der Waals surface area contributed by atoms with Crippen molar-refractivity contribution in [3.63, 3.8) is 0 Å². The number of aromatic nitrogens is 1. The number of carboxylic acid groups (broad SMARTS) is 1. The molecule has 3 heterocycles. The summed E-state index contributed by atoms with van der Waals surface area (Å²) in [6, 6.07) is 10.00. The minimum Gasteiger partial charge on any atom is -0.465 e. The highest BCUT2D eigenvalue weighted by Crippen LogP contribution is 2.43. The third kappa shape index (κ3) is 5.27. The molecule has 4 amide bonds. The summed E-state index contributed by atoms with van der Waals surface area (Å²) >= 11 is 7.60. The Kier molecular flexibility index (Phi) is 6.91.